The molecule has 0 unspecified atom stereocenters. The van der Waals surface area contributed by atoms with Gasteiger partial charge in [-0.2, -0.15) is 0 Å². The van der Waals surface area contributed by atoms with Crippen molar-refractivity contribution < 1.29 is 9.59 Å². The summed E-state index contributed by atoms with van der Waals surface area (Å²) in [5.74, 6) is -0.112. The first kappa shape index (κ1) is 31.6. The Labute approximate surface area is 286 Å². The summed E-state index contributed by atoms with van der Waals surface area (Å²) in [6.07, 6.45) is 0.555. The maximum Gasteiger partial charge on any atom is 0.234 e. The predicted octanol–water partition coefficient (Wildman–Crippen LogP) is 9.11. The summed E-state index contributed by atoms with van der Waals surface area (Å²) in [6, 6.07) is 21.7. The maximum absolute atomic E-state index is 12.6. The predicted molar refractivity (Wildman–Crippen MR) is 187 cm³/mol. The molecule has 0 fully saturated rings. The molecular formula is C31H22Cl4N6O2S2. The third-order valence-electron chi connectivity index (χ3n) is 6.55. The van der Waals surface area contributed by atoms with Crippen LogP contribution >= 0.6 is 69.9 Å². The fraction of sp³-hybridized carbons (Fsp3) is 0.0968. The average Bonchev–Trinajstić information content (AvgIpc) is 3.60. The Morgan fingerprint density at radius 1 is 0.622 bits per heavy atom. The number of carbonyl (C=O) groups excluding carboxylic acids is 2. The van der Waals surface area contributed by atoms with E-state index in [1.165, 1.54) is 23.5 Å². The van der Waals surface area contributed by atoms with E-state index in [0.717, 1.165) is 33.2 Å². The van der Waals surface area contributed by atoms with E-state index in [-0.39, 0.29) is 23.3 Å². The van der Waals surface area contributed by atoms with E-state index in [2.05, 4.69) is 30.6 Å². The molecule has 6 aromatic rings. The highest BCUT2D eigenvalue weighted by Gasteiger charge is 2.13. The lowest BCUT2D eigenvalue weighted by atomic mass is 10.0. The van der Waals surface area contributed by atoms with E-state index < -0.39 is 0 Å². The topological polar surface area (TPSA) is 116 Å². The lowest BCUT2D eigenvalue weighted by Gasteiger charge is -2.11. The minimum absolute atomic E-state index is 0.154. The van der Waals surface area contributed by atoms with E-state index in [1.807, 2.05) is 24.3 Å². The number of hydrogen-bond donors (Lipinski definition) is 4. The number of aromatic nitrogens is 4. The van der Waals surface area contributed by atoms with Crippen LogP contribution in [-0.2, 0) is 16.0 Å². The largest absolute Gasteiger partial charge is 0.333 e. The molecule has 4 aromatic carbocycles. The molecule has 45 heavy (non-hydrogen) atoms. The summed E-state index contributed by atoms with van der Waals surface area (Å²) in [4.78, 5) is 40.4. The van der Waals surface area contributed by atoms with Gasteiger partial charge in [-0.15, -0.1) is 0 Å². The molecule has 0 aliphatic rings. The van der Waals surface area contributed by atoms with Crippen LogP contribution in [0.5, 0.6) is 0 Å². The van der Waals surface area contributed by atoms with Gasteiger partial charge in [-0.1, -0.05) is 82.1 Å². The van der Waals surface area contributed by atoms with Crippen LogP contribution in [0.25, 0.3) is 22.1 Å². The summed E-state index contributed by atoms with van der Waals surface area (Å²) >= 11 is 27.6. The molecule has 228 valence electrons. The first-order valence-electron chi connectivity index (χ1n) is 13.4. The van der Waals surface area contributed by atoms with Crippen molar-refractivity contribution in [3.05, 3.63) is 104 Å². The summed E-state index contributed by atoms with van der Waals surface area (Å²) in [5.41, 5.74) is 6.08. The monoisotopic (exact) mass is 714 g/mol. The Morgan fingerprint density at radius 3 is 1.49 bits per heavy atom. The number of fused-ring (bicyclic) bond motifs is 2. The average molecular weight is 717 g/mol. The van der Waals surface area contributed by atoms with Crippen LogP contribution in [0.2, 0.25) is 20.1 Å². The first-order chi connectivity index (χ1) is 21.7. The number of H-pyrrole nitrogens is 2. The molecule has 0 atom stereocenters. The smallest absolute Gasteiger partial charge is 0.234 e. The molecule has 14 heteroatoms. The fourth-order valence-electron chi connectivity index (χ4n) is 4.47. The highest BCUT2D eigenvalue weighted by Crippen LogP contribution is 2.29. The van der Waals surface area contributed by atoms with E-state index in [4.69, 9.17) is 46.4 Å². The molecule has 0 radical (unpaired) electrons. The van der Waals surface area contributed by atoms with Gasteiger partial charge in [-0.3, -0.25) is 9.59 Å². The van der Waals surface area contributed by atoms with Crippen LogP contribution in [0, 0.1) is 0 Å². The van der Waals surface area contributed by atoms with Gasteiger partial charge in [0, 0.05) is 10.0 Å². The van der Waals surface area contributed by atoms with Crippen LogP contribution in [0.15, 0.2) is 83.1 Å². The minimum atomic E-state index is -0.210. The summed E-state index contributed by atoms with van der Waals surface area (Å²) in [7, 11) is 0. The quantitative estimate of drug-likeness (QED) is 0.105. The van der Waals surface area contributed by atoms with Crippen LogP contribution in [-0.4, -0.2) is 43.3 Å². The van der Waals surface area contributed by atoms with Crippen molar-refractivity contribution in [2.75, 3.05) is 22.1 Å². The zero-order valence-electron chi connectivity index (χ0n) is 23.1. The molecule has 0 aliphatic carbocycles. The number of aromatic amines is 2. The Hall–Kier alpha value is -3.38. The second-order valence-electron chi connectivity index (χ2n) is 9.89. The number of nitrogens with zero attached hydrogens (tertiary/aromatic N) is 2. The Morgan fingerprint density at radius 2 is 1.07 bits per heavy atom. The van der Waals surface area contributed by atoms with Gasteiger partial charge in [-0.25, -0.2) is 9.97 Å². The van der Waals surface area contributed by atoms with Gasteiger partial charge < -0.3 is 20.6 Å². The van der Waals surface area contributed by atoms with Crippen LogP contribution in [0.3, 0.4) is 0 Å². The molecule has 8 nitrogen and oxygen atoms in total. The molecule has 0 aliphatic heterocycles. The van der Waals surface area contributed by atoms with E-state index in [0.29, 0.717) is 48.2 Å². The third-order valence-corrected chi connectivity index (χ3v) is 9.39. The Bertz CT molecular complexity index is 1920. The van der Waals surface area contributed by atoms with Gasteiger partial charge in [0.2, 0.25) is 11.8 Å². The number of carbonyl (C=O) groups is 2. The van der Waals surface area contributed by atoms with Gasteiger partial charge in [0.1, 0.15) is 0 Å². The van der Waals surface area contributed by atoms with Crippen molar-refractivity contribution in [2.24, 2.45) is 0 Å². The summed E-state index contributed by atoms with van der Waals surface area (Å²) < 4.78 is 0. The number of hydrogen-bond acceptors (Lipinski definition) is 6. The minimum Gasteiger partial charge on any atom is -0.333 e. The lowest BCUT2D eigenvalue weighted by molar-refractivity contribution is -0.114. The fourth-order valence-corrected chi connectivity index (χ4v) is 6.68. The maximum atomic E-state index is 12.6. The number of benzene rings is 4. The highest BCUT2D eigenvalue weighted by atomic mass is 35.5. The van der Waals surface area contributed by atoms with Gasteiger partial charge in [-0.05, 0) is 78.2 Å². The summed E-state index contributed by atoms with van der Waals surface area (Å²) in [5, 5.41) is 9.02. The molecule has 2 heterocycles. The second kappa shape index (κ2) is 13.9. The van der Waals surface area contributed by atoms with Crippen molar-refractivity contribution in [2.45, 2.75) is 16.7 Å². The molecule has 0 spiro atoms. The van der Waals surface area contributed by atoms with Gasteiger partial charge >= 0.3 is 0 Å². The van der Waals surface area contributed by atoms with Crippen LogP contribution < -0.4 is 10.6 Å². The van der Waals surface area contributed by atoms with Gasteiger partial charge in [0.15, 0.2) is 10.3 Å². The number of imidazole rings is 2. The number of nitrogens with one attached hydrogen (secondary N) is 4. The zero-order chi connectivity index (χ0) is 31.5. The number of thioether (sulfide) groups is 2. The van der Waals surface area contributed by atoms with Gasteiger partial charge in [0.05, 0.1) is 55.0 Å². The third kappa shape index (κ3) is 8.07. The normalized spacial score (nSPS) is 11.3. The number of halogens is 4. The van der Waals surface area contributed by atoms with Crippen molar-refractivity contribution in [3.8, 4) is 0 Å². The van der Waals surface area contributed by atoms with Gasteiger partial charge in [0.25, 0.3) is 0 Å². The highest BCUT2D eigenvalue weighted by molar-refractivity contribution is 8.00. The molecule has 0 saturated carbocycles. The molecular weight excluding hydrogens is 694 g/mol. The standard InChI is InChI=1S/C31H22Cl4N6O2S2/c32-18-3-7-24-26(12-18)40-30(38-24)44-14-28(42)36-22-5-1-16(10-20(22)34)9-17-2-6-23(21(35)11-17)37-29(43)15-45-31-39-25-8-4-19(33)13-27(25)41-31/h1-8,10-13H,9,14-15H2,(H,36,42)(H,37,43)(H,38,40)(H,39,41). The van der Waals surface area contributed by atoms with Crippen molar-refractivity contribution in [3.63, 3.8) is 0 Å². The van der Waals surface area contributed by atoms with E-state index in [1.54, 1.807) is 48.5 Å². The molecule has 6 rings (SSSR count). The number of amides is 2. The SMILES string of the molecule is O=C(CSc1nc2ccc(Cl)cc2[nH]1)Nc1ccc(Cc2ccc(NC(=O)CSc3nc4ccc(Cl)cc4[nH]3)c(Cl)c2)cc1Cl. The molecule has 4 N–H and O–H groups in total. The van der Waals surface area contributed by atoms with E-state index >= 15 is 0 Å². The van der Waals surface area contributed by atoms with Crippen molar-refractivity contribution >= 4 is 115 Å². The Kier molecular flexibility index (Phi) is 9.79. The molecule has 2 aromatic heterocycles. The zero-order valence-corrected chi connectivity index (χ0v) is 27.7. The van der Waals surface area contributed by atoms with Crippen LogP contribution in [0.4, 0.5) is 11.4 Å². The summed E-state index contributed by atoms with van der Waals surface area (Å²) in [6.45, 7) is 0. The first-order valence-corrected chi connectivity index (χ1v) is 16.9. The molecule has 2 amide bonds. The second-order valence-corrected chi connectivity index (χ2v) is 13.5. The van der Waals surface area contributed by atoms with Crippen LogP contribution in [0.1, 0.15) is 11.1 Å². The van der Waals surface area contributed by atoms with Crippen molar-refractivity contribution in [1.82, 2.24) is 19.9 Å². The van der Waals surface area contributed by atoms with Crippen molar-refractivity contribution in [1.29, 1.82) is 0 Å². The number of anilines is 2. The Balaban J connectivity index is 0.997. The molecule has 0 bridgehead atoms. The van der Waals surface area contributed by atoms with E-state index in [9.17, 15) is 9.59 Å². The molecule has 0 saturated heterocycles. The lowest BCUT2D eigenvalue weighted by Crippen LogP contribution is -2.14. The number of rotatable bonds is 10.